The Morgan fingerprint density at radius 1 is 1.32 bits per heavy atom. The van der Waals surface area contributed by atoms with Gasteiger partial charge in [0.15, 0.2) is 0 Å². The van der Waals surface area contributed by atoms with Crippen molar-refractivity contribution in [2.75, 3.05) is 44.3 Å². The molecule has 3 rings (SSSR count). The third-order valence-corrected chi connectivity index (χ3v) is 6.40. The third-order valence-electron chi connectivity index (χ3n) is 3.96. The van der Waals surface area contributed by atoms with Crippen LogP contribution in [0.3, 0.4) is 0 Å². The van der Waals surface area contributed by atoms with Gasteiger partial charge in [0.05, 0.1) is 29.0 Å². The first kappa shape index (κ1) is 20.8. The molecule has 0 saturated heterocycles. The van der Waals surface area contributed by atoms with Crippen molar-refractivity contribution < 1.29 is 14.6 Å². The molecule has 0 aliphatic heterocycles. The number of hydrogen-bond acceptors (Lipinski definition) is 6. The number of nitrogens with zero attached hydrogens (tertiary/aromatic N) is 3. The standard InChI is InChI=1S/C19H26N4O3S2/c1-28(2,3)11-10-26-13-23-12-14(18(25)20-8-9-24)17(22-23)19-21-15-6-4-5-7-16(15)27-19/h4-7,12,24H,8-11,13H2,1-3H3,(H,20,25). The van der Waals surface area contributed by atoms with Crippen molar-refractivity contribution in [2.45, 2.75) is 6.73 Å². The average molecular weight is 423 g/mol. The second-order valence-electron chi connectivity index (χ2n) is 7.23. The minimum Gasteiger partial charge on any atom is -0.395 e. The minimum absolute atomic E-state index is 0.116. The molecule has 0 aliphatic rings. The van der Waals surface area contributed by atoms with Gasteiger partial charge in [-0.25, -0.2) is 19.7 Å². The number of aliphatic hydroxyl groups is 1. The topological polar surface area (TPSA) is 89.3 Å². The maximum atomic E-state index is 12.6. The molecule has 2 aromatic heterocycles. The molecule has 152 valence electrons. The highest BCUT2D eigenvalue weighted by molar-refractivity contribution is 8.32. The van der Waals surface area contributed by atoms with E-state index >= 15 is 0 Å². The molecule has 0 atom stereocenters. The van der Waals surface area contributed by atoms with E-state index < -0.39 is 10.0 Å². The number of aromatic nitrogens is 3. The summed E-state index contributed by atoms with van der Waals surface area (Å²) in [5, 5.41) is 16.9. The van der Waals surface area contributed by atoms with Gasteiger partial charge in [0.1, 0.15) is 17.4 Å². The molecular weight excluding hydrogens is 396 g/mol. The molecule has 0 unspecified atom stereocenters. The molecule has 7 nitrogen and oxygen atoms in total. The number of carbonyl (C=O) groups is 1. The minimum atomic E-state index is -0.614. The maximum absolute atomic E-state index is 12.6. The number of fused-ring (bicyclic) bond motifs is 1. The lowest BCUT2D eigenvalue weighted by Crippen LogP contribution is -2.26. The van der Waals surface area contributed by atoms with E-state index in [1.165, 1.54) is 11.3 Å². The van der Waals surface area contributed by atoms with Crippen LogP contribution in [0.2, 0.25) is 0 Å². The van der Waals surface area contributed by atoms with Crippen LogP contribution >= 0.6 is 21.4 Å². The van der Waals surface area contributed by atoms with Gasteiger partial charge in [0.2, 0.25) is 0 Å². The van der Waals surface area contributed by atoms with E-state index in [0.717, 1.165) is 16.0 Å². The number of nitrogens with one attached hydrogen (secondary N) is 1. The zero-order valence-corrected chi connectivity index (χ0v) is 18.0. The zero-order valence-electron chi connectivity index (χ0n) is 16.3. The van der Waals surface area contributed by atoms with E-state index in [4.69, 9.17) is 9.84 Å². The van der Waals surface area contributed by atoms with E-state index in [2.05, 4.69) is 34.2 Å². The SMILES string of the molecule is CS(C)(C)CCOCn1cc(C(=O)NCCO)c(-c2nc3ccccc3s2)n1. The Kier molecular flexibility index (Phi) is 6.71. The van der Waals surface area contributed by atoms with Crippen LogP contribution in [-0.4, -0.2) is 70.1 Å². The van der Waals surface area contributed by atoms with Crippen LogP contribution in [0.25, 0.3) is 20.9 Å². The summed E-state index contributed by atoms with van der Waals surface area (Å²) < 4.78 is 8.42. The Hall–Kier alpha value is -1.94. The molecule has 0 radical (unpaired) electrons. The quantitative estimate of drug-likeness (QED) is 0.517. The molecule has 2 heterocycles. The van der Waals surface area contributed by atoms with Crippen LogP contribution in [0.5, 0.6) is 0 Å². The summed E-state index contributed by atoms with van der Waals surface area (Å²) in [6.07, 6.45) is 8.43. The fourth-order valence-electron chi connectivity index (χ4n) is 2.52. The first-order valence-electron chi connectivity index (χ1n) is 8.93. The predicted molar refractivity (Wildman–Crippen MR) is 116 cm³/mol. The molecule has 0 spiro atoms. The van der Waals surface area contributed by atoms with Crippen molar-refractivity contribution in [2.24, 2.45) is 0 Å². The molecule has 9 heteroatoms. The number of aliphatic hydroxyl groups excluding tert-OH is 1. The van der Waals surface area contributed by atoms with Gasteiger partial charge in [-0.3, -0.25) is 4.79 Å². The highest BCUT2D eigenvalue weighted by Gasteiger charge is 2.20. The van der Waals surface area contributed by atoms with Crippen LogP contribution in [0.1, 0.15) is 10.4 Å². The third kappa shape index (κ3) is 5.32. The Labute approximate surface area is 170 Å². The van der Waals surface area contributed by atoms with Crippen molar-refractivity contribution >= 4 is 37.5 Å². The summed E-state index contributed by atoms with van der Waals surface area (Å²) in [7, 11) is -0.614. The number of carbonyl (C=O) groups excluding carboxylic acids is 1. The summed E-state index contributed by atoms with van der Waals surface area (Å²) in [4.78, 5) is 17.2. The van der Waals surface area contributed by atoms with Crippen LogP contribution < -0.4 is 5.32 Å². The van der Waals surface area contributed by atoms with E-state index in [0.29, 0.717) is 22.9 Å². The first-order chi connectivity index (χ1) is 13.4. The Morgan fingerprint density at radius 2 is 2.11 bits per heavy atom. The maximum Gasteiger partial charge on any atom is 0.255 e. The van der Waals surface area contributed by atoms with Gasteiger partial charge in [0.25, 0.3) is 5.91 Å². The van der Waals surface area contributed by atoms with Gasteiger partial charge in [-0.1, -0.05) is 12.1 Å². The van der Waals surface area contributed by atoms with E-state index in [1.54, 1.807) is 10.9 Å². The van der Waals surface area contributed by atoms with Gasteiger partial charge < -0.3 is 15.2 Å². The monoisotopic (exact) mass is 422 g/mol. The van der Waals surface area contributed by atoms with Crippen LogP contribution in [-0.2, 0) is 11.5 Å². The van der Waals surface area contributed by atoms with Crippen LogP contribution in [0, 0.1) is 0 Å². The highest BCUT2D eigenvalue weighted by atomic mass is 32.3. The van der Waals surface area contributed by atoms with E-state index in [-0.39, 0.29) is 25.8 Å². The van der Waals surface area contributed by atoms with Gasteiger partial charge in [-0.15, -0.1) is 11.3 Å². The summed E-state index contributed by atoms with van der Waals surface area (Å²) >= 11 is 1.50. The lowest BCUT2D eigenvalue weighted by molar-refractivity contribution is 0.0808. The normalized spacial score (nSPS) is 12.4. The van der Waals surface area contributed by atoms with Crippen LogP contribution in [0.15, 0.2) is 30.5 Å². The van der Waals surface area contributed by atoms with Crippen molar-refractivity contribution in [3.8, 4) is 10.7 Å². The molecule has 0 aliphatic carbocycles. The molecule has 1 amide bonds. The highest BCUT2D eigenvalue weighted by Crippen LogP contribution is 2.34. The molecule has 0 fully saturated rings. The fourth-order valence-corrected chi connectivity index (χ4v) is 4.10. The van der Waals surface area contributed by atoms with Gasteiger partial charge in [-0.2, -0.15) is 5.10 Å². The molecule has 1 aromatic carbocycles. The zero-order chi connectivity index (χ0) is 20.1. The number of ether oxygens (including phenoxy) is 1. The van der Waals surface area contributed by atoms with Crippen molar-refractivity contribution in [3.05, 3.63) is 36.0 Å². The van der Waals surface area contributed by atoms with E-state index in [1.807, 2.05) is 24.3 Å². The van der Waals surface area contributed by atoms with Crippen molar-refractivity contribution in [1.82, 2.24) is 20.1 Å². The van der Waals surface area contributed by atoms with Gasteiger partial charge in [0, 0.05) is 18.5 Å². The van der Waals surface area contributed by atoms with Gasteiger partial charge >= 0.3 is 0 Å². The molecule has 0 saturated carbocycles. The summed E-state index contributed by atoms with van der Waals surface area (Å²) in [6, 6.07) is 7.83. The number of benzene rings is 1. The lowest BCUT2D eigenvalue weighted by Gasteiger charge is -2.24. The summed E-state index contributed by atoms with van der Waals surface area (Å²) in [6.45, 7) is 1.00. The van der Waals surface area contributed by atoms with Crippen LogP contribution in [0.4, 0.5) is 0 Å². The number of rotatable bonds is 9. The average Bonchev–Trinajstić information content (AvgIpc) is 3.26. The number of amides is 1. The number of thiazole rings is 1. The predicted octanol–water partition coefficient (Wildman–Crippen LogP) is 2.55. The Balaban J connectivity index is 1.84. The molecule has 28 heavy (non-hydrogen) atoms. The molecule has 2 N–H and O–H groups in total. The summed E-state index contributed by atoms with van der Waals surface area (Å²) in [5.41, 5.74) is 1.84. The Morgan fingerprint density at radius 3 is 2.82 bits per heavy atom. The van der Waals surface area contributed by atoms with Crippen molar-refractivity contribution in [1.29, 1.82) is 0 Å². The number of para-hydroxylation sites is 1. The fraction of sp³-hybridized carbons (Fsp3) is 0.421. The number of hydrogen-bond donors (Lipinski definition) is 2. The molecule has 3 aromatic rings. The second-order valence-corrected chi connectivity index (χ2v) is 12.8. The first-order valence-corrected chi connectivity index (χ1v) is 12.8. The smallest absolute Gasteiger partial charge is 0.255 e. The second kappa shape index (κ2) is 9.04. The molecular formula is C19H26N4O3S2. The largest absolute Gasteiger partial charge is 0.395 e. The Bertz CT molecular complexity index is 913. The summed E-state index contributed by atoms with van der Waals surface area (Å²) in [5.74, 6) is 0.733. The lowest BCUT2D eigenvalue weighted by atomic mass is 10.2. The molecule has 0 bridgehead atoms. The van der Waals surface area contributed by atoms with Crippen molar-refractivity contribution in [3.63, 3.8) is 0 Å². The van der Waals surface area contributed by atoms with E-state index in [9.17, 15) is 4.79 Å². The van der Waals surface area contributed by atoms with Gasteiger partial charge in [-0.05, 0) is 30.9 Å².